The molecule has 0 saturated heterocycles. The monoisotopic (exact) mass is 276 g/mol. The first-order chi connectivity index (χ1) is 9.04. The predicted molar refractivity (Wildman–Crippen MR) is 78.4 cm³/mol. The van der Waals surface area contributed by atoms with Gasteiger partial charge in [-0.15, -0.1) is 0 Å². The van der Waals surface area contributed by atoms with Gasteiger partial charge in [-0.2, -0.15) is 0 Å². The summed E-state index contributed by atoms with van der Waals surface area (Å²) in [5.74, 6) is 0.0583. The molecule has 2 rings (SSSR count). The van der Waals surface area contributed by atoms with E-state index in [1.165, 1.54) is 0 Å². The Morgan fingerprint density at radius 3 is 2.79 bits per heavy atom. The quantitative estimate of drug-likeness (QED) is 0.930. The van der Waals surface area contributed by atoms with E-state index in [0.717, 1.165) is 16.6 Å². The number of hydrogen-bond acceptors (Lipinski definition) is 2. The zero-order valence-electron chi connectivity index (χ0n) is 11.1. The van der Waals surface area contributed by atoms with E-state index in [2.05, 4.69) is 10.3 Å². The summed E-state index contributed by atoms with van der Waals surface area (Å²) in [5.41, 5.74) is 1.78. The smallest absolute Gasteiger partial charge is 0.220 e. The molecule has 1 aromatic heterocycles. The van der Waals surface area contributed by atoms with E-state index in [1.807, 2.05) is 44.2 Å². The molecular formula is C15H17ClN2O. The molecule has 0 aliphatic carbocycles. The van der Waals surface area contributed by atoms with Crippen LogP contribution in [-0.2, 0) is 11.2 Å². The third kappa shape index (κ3) is 3.93. The number of pyridine rings is 1. The second-order valence-electron chi connectivity index (χ2n) is 4.86. The molecule has 0 bridgehead atoms. The van der Waals surface area contributed by atoms with Crippen LogP contribution in [0.25, 0.3) is 10.9 Å². The Labute approximate surface area is 118 Å². The Hall–Kier alpha value is -1.61. The molecule has 2 aromatic rings. The molecule has 0 fully saturated rings. The number of carbonyl (C=O) groups excluding carboxylic acids is 1. The molecule has 0 atom stereocenters. The molecular weight excluding hydrogens is 260 g/mol. The van der Waals surface area contributed by atoms with Crippen LogP contribution >= 0.6 is 11.6 Å². The van der Waals surface area contributed by atoms with Gasteiger partial charge in [-0.05, 0) is 38.5 Å². The molecule has 1 aromatic carbocycles. The van der Waals surface area contributed by atoms with Crippen LogP contribution in [0.3, 0.4) is 0 Å². The van der Waals surface area contributed by atoms with Crippen molar-refractivity contribution in [3.05, 3.63) is 41.0 Å². The van der Waals surface area contributed by atoms with Crippen LogP contribution in [0.1, 0.15) is 26.0 Å². The van der Waals surface area contributed by atoms with Gasteiger partial charge in [0.25, 0.3) is 0 Å². The summed E-state index contributed by atoms with van der Waals surface area (Å²) in [6.45, 7) is 3.91. The number of fused-ring (bicyclic) bond motifs is 1. The van der Waals surface area contributed by atoms with Crippen LogP contribution in [0.4, 0.5) is 0 Å². The third-order valence-corrected chi connectivity index (χ3v) is 3.00. The van der Waals surface area contributed by atoms with Gasteiger partial charge >= 0.3 is 0 Å². The number of halogens is 1. The fraction of sp³-hybridized carbons (Fsp3) is 0.333. The molecule has 0 aliphatic heterocycles. The largest absolute Gasteiger partial charge is 0.354 e. The van der Waals surface area contributed by atoms with Crippen LogP contribution in [0.15, 0.2) is 30.3 Å². The number of rotatable bonds is 4. The van der Waals surface area contributed by atoms with Crippen molar-refractivity contribution in [1.29, 1.82) is 0 Å². The second-order valence-corrected chi connectivity index (χ2v) is 5.30. The van der Waals surface area contributed by atoms with Crippen LogP contribution in [0.5, 0.6) is 0 Å². The number of benzene rings is 1. The Morgan fingerprint density at radius 2 is 2.05 bits per heavy atom. The topological polar surface area (TPSA) is 42.0 Å². The average molecular weight is 277 g/mol. The summed E-state index contributed by atoms with van der Waals surface area (Å²) in [6.07, 6.45) is 1.10. The number of carbonyl (C=O) groups is 1. The SMILES string of the molecule is CC(C)NC(=O)CCc1ccc2ccc(Cl)cc2n1. The summed E-state index contributed by atoms with van der Waals surface area (Å²) in [6, 6.07) is 9.78. The van der Waals surface area contributed by atoms with Gasteiger partial charge in [0.15, 0.2) is 0 Å². The van der Waals surface area contributed by atoms with E-state index in [9.17, 15) is 4.79 Å². The van der Waals surface area contributed by atoms with E-state index in [0.29, 0.717) is 17.9 Å². The van der Waals surface area contributed by atoms with E-state index in [4.69, 9.17) is 11.6 Å². The lowest BCUT2D eigenvalue weighted by Gasteiger charge is -2.08. The molecule has 0 radical (unpaired) electrons. The van der Waals surface area contributed by atoms with Crippen molar-refractivity contribution in [2.75, 3.05) is 0 Å². The molecule has 4 heteroatoms. The molecule has 0 spiro atoms. The Kier molecular flexibility index (Phi) is 4.38. The highest BCUT2D eigenvalue weighted by Gasteiger charge is 2.05. The lowest BCUT2D eigenvalue weighted by molar-refractivity contribution is -0.121. The lowest BCUT2D eigenvalue weighted by Crippen LogP contribution is -2.30. The second kappa shape index (κ2) is 6.02. The van der Waals surface area contributed by atoms with Crippen molar-refractivity contribution in [3.8, 4) is 0 Å². The molecule has 19 heavy (non-hydrogen) atoms. The molecule has 1 heterocycles. The molecule has 0 unspecified atom stereocenters. The van der Waals surface area contributed by atoms with Crippen molar-refractivity contribution in [1.82, 2.24) is 10.3 Å². The third-order valence-electron chi connectivity index (χ3n) is 2.77. The van der Waals surface area contributed by atoms with Gasteiger partial charge in [0.2, 0.25) is 5.91 Å². The first-order valence-electron chi connectivity index (χ1n) is 6.39. The molecule has 1 N–H and O–H groups in total. The zero-order valence-corrected chi connectivity index (χ0v) is 11.9. The minimum absolute atomic E-state index is 0.0583. The Morgan fingerprint density at radius 1 is 1.32 bits per heavy atom. The molecule has 3 nitrogen and oxygen atoms in total. The summed E-state index contributed by atoms with van der Waals surface area (Å²) in [7, 11) is 0. The van der Waals surface area contributed by atoms with E-state index < -0.39 is 0 Å². The first kappa shape index (κ1) is 13.8. The van der Waals surface area contributed by atoms with Gasteiger partial charge in [0, 0.05) is 28.6 Å². The van der Waals surface area contributed by atoms with Gasteiger partial charge < -0.3 is 5.32 Å². The number of nitrogens with one attached hydrogen (secondary N) is 1. The maximum atomic E-state index is 11.6. The normalized spacial score (nSPS) is 10.9. The van der Waals surface area contributed by atoms with E-state index in [-0.39, 0.29) is 11.9 Å². The van der Waals surface area contributed by atoms with Gasteiger partial charge in [-0.3, -0.25) is 9.78 Å². The van der Waals surface area contributed by atoms with Crippen LogP contribution in [-0.4, -0.2) is 16.9 Å². The van der Waals surface area contributed by atoms with Crippen molar-refractivity contribution in [3.63, 3.8) is 0 Å². The van der Waals surface area contributed by atoms with Crippen molar-refractivity contribution >= 4 is 28.4 Å². The van der Waals surface area contributed by atoms with Gasteiger partial charge in [0.1, 0.15) is 0 Å². The Balaban J connectivity index is 2.07. The zero-order chi connectivity index (χ0) is 13.8. The Bertz CT molecular complexity index is 596. The van der Waals surface area contributed by atoms with Crippen LogP contribution < -0.4 is 5.32 Å². The molecule has 1 amide bonds. The first-order valence-corrected chi connectivity index (χ1v) is 6.77. The molecule has 100 valence electrons. The average Bonchev–Trinajstić information content (AvgIpc) is 2.35. The van der Waals surface area contributed by atoms with Crippen LogP contribution in [0.2, 0.25) is 5.02 Å². The van der Waals surface area contributed by atoms with Crippen molar-refractivity contribution < 1.29 is 4.79 Å². The maximum Gasteiger partial charge on any atom is 0.220 e. The number of nitrogens with zero attached hydrogens (tertiary/aromatic N) is 1. The lowest BCUT2D eigenvalue weighted by atomic mass is 10.1. The summed E-state index contributed by atoms with van der Waals surface area (Å²) < 4.78 is 0. The van der Waals surface area contributed by atoms with Crippen molar-refractivity contribution in [2.24, 2.45) is 0 Å². The number of hydrogen-bond donors (Lipinski definition) is 1. The predicted octanol–water partition coefficient (Wildman–Crippen LogP) is 3.35. The van der Waals surface area contributed by atoms with Gasteiger partial charge in [-0.1, -0.05) is 23.7 Å². The standard InChI is InChI=1S/C15H17ClN2O/c1-10(2)17-15(19)8-7-13-6-4-11-3-5-12(16)9-14(11)18-13/h3-6,9-10H,7-8H2,1-2H3,(H,17,19). The molecule has 0 aliphatic rings. The summed E-state index contributed by atoms with van der Waals surface area (Å²) in [4.78, 5) is 16.1. The van der Waals surface area contributed by atoms with Crippen LogP contribution in [0, 0.1) is 0 Å². The minimum atomic E-state index is 0.0583. The fourth-order valence-electron chi connectivity index (χ4n) is 1.91. The van der Waals surface area contributed by atoms with Gasteiger partial charge in [-0.25, -0.2) is 0 Å². The minimum Gasteiger partial charge on any atom is -0.354 e. The summed E-state index contributed by atoms with van der Waals surface area (Å²) >= 11 is 5.95. The van der Waals surface area contributed by atoms with Gasteiger partial charge in [0.05, 0.1) is 5.52 Å². The number of amides is 1. The number of aryl methyl sites for hydroxylation is 1. The summed E-state index contributed by atoms with van der Waals surface area (Å²) in [5, 5.41) is 4.60. The highest BCUT2D eigenvalue weighted by Crippen LogP contribution is 2.18. The number of aromatic nitrogens is 1. The molecule has 0 saturated carbocycles. The highest BCUT2D eigenvalue weighted by molar-refractivity contribution is 6.31. The van der Waals surface area contributed by atoms with E-state index in [1.54, 1.807) is 0 Å². The fourth-order valence-corrected chi connectivity index (χ4v) is 2.07. The van der Waals surface area contributed by atoms with Crippen molar-refractivity contribution in [2.45, 2.75) is 32.7 Å². The van der Waals surface area contributed by atoms with E-state index >= 15 is 0 Å². The highest BCUT2D eigenvalue weighted by atomic mass is 35.5. The maximum absolute atomic E-state index is 11.6.